The fourth-order valence-electron chi connectivity index (χ4n) is 4.42. The zero-order valence-electron chi connectivity index (χ0n) is 16.6. The third-order valence-electron chi connectivity index (χ3n) is 6.15. The summed E-state index contributed by atoms with van der Waals surface area (Å²) in [5.41, 5.74) is 2.84. The van der Waals surface area contributed by atoms with Crippen LogP contribution in [0.4, 0.5) is 0 Å². The molecule has 4 heterocycles. The molecule has 0 radical (unpaired) electrons. The van der Waals surface area contributed by atoms with Crippen molar-refractivity contribution in [3.8, 4) is 0 Å². The lowest BCUT2D eigenvalue weighted by Crippen LogP contribution is -2.59. The van der Waals surface area contributed by atoms with Crippen LogP contribution in [0, 0.1) is 0 Å². The summed E-state index contributed by atoms with van der Waals surface area (Å²) in [6.07, 6.45) is 5.97. The van der Waals surface area contributed by atoms with Gasteiger partial charge in [-0.3, -0.25) is 19.4 Å². The molecule has 2 amide bonds. The number of hydrogen-bond acceptors (Lipinski definition) is 4. The highest BCUT2D eigenvalue weighted by Crippen LogP contribution is 2.32. The fraction of sp³-hybridized carbons (Fsp3) is 0.429. The van der Waals surface area contributed by atoms with Crippen LogP contribution in [-0.4, -0.2) is 55.3 Å². The van der Waals surface area contributed by atoms with Gasteiger partial charge in [0.1, 0.15) is 0 Å². The molecule has 2 aliphatic rings. The minimum atomic E-state index is -0.291. The number of hydrogen-bond donors (Lipinski definition) is 2. The van der Waals surface area contributed by atoms with Gasteiger partial charge >= 0.3 is 0 Å². The molecule has 0 unspecified atom stereocenters. The summed E-state index contributed by atoms with van der Waals surface area (Å²) in [4.78, 5) is 27.5. The lowest BCUT2D eigenvalue weighted by Gasteiger charge is -2.44. The molecule has 0 bridgehead atoms. The Hall–Kier alpha value is -3.16. The summed E-state index contributed by atoms with van der Waals surface area (Å²) in [7, 11) is 0. The van der Waals surface area contributed by atoms with E-state index in [1.807, 2.05) is 34.0 Å². The van der Waals surface area contributed by atoms with Crippen LogP contribution in [0.3, 0.4) is 0 Å². The summed E-state index contributed by atoms with van der Waals surface area (Å²) >= 11 is 0. The number of aromatic nitrogens is 4. The number of likely N-dealkylation sites (tertiary alicyclic amines) is 1. The van der Waals surface area contributed by atoms with Gasteiger partial charge < -0.3 is 10.2 Å². The molecule has 1 saturated heterocycles. The number of fused-ring (bicyclic) bond motifs is 2. The minimum Gasteiger partial charge on any atom is -0.345 e. The van der Waals surface area contributed by atoms with Crippen molar-refractivity contribution in [3.63, 3.8) is 0 Å². The van der Waals surface area contributed by atoms with E-state index in [0.29, 0.717) is 24.3 Å². The number of carbonyl (C=O) groups excluding carboxylic acids is 2. The smallest absolute Gasteiger partial charge is 0.272 e. The van der Waals surface area contributed by atoms with E-state index in [1.54, 1.807) is 6.20 Å². The van der Waals surface area contributed by atoms with Gasteiger partial charge in [-0.1, -0.05) is 0 Å². The van der Waals surface area contributed by atoms with Crippen LogP contribution < -0.4 is 5.32 Å². The molecule has 150 valence electrons. The molecule has 3 aromatic rings. The van der Waals surface area contributed by atoms with Crippen LogP contribution in [0.25, 0.3) is 10.9 Å². The van der Waals surface area contributed by atoms with Gasteiger partial charge in [-0.05, 0) is 51.3 Å². The molecule has 2 N–H and O–H groups in total. The van der Waals surface area contributed by atoms with Gasteiger partial charge in [-0.15, -0.1) is 0 Å². The number of carbonyl (C=O) groups is 2. The first-order chi connectivity index (χ1) is 13.9. The first kappa shape index (κ1) is 17.9. The Morgan fingerprint density at radius 2 is 2.03 bits per heavy atom. The number of rotatable bonds is 2. The normalized spacial score (nSPS) is 18.3. The summed E-state index contributed by atoms with van der Waals surface area (Å²) in [5.74, 6) is -0.0748. The Balaban J connectivity index is 1.31. The number of nitrogens with zero attached hydrogens (tertiary/aromatic N) is 4. The zero-order chi connectivity index (χ0) is 20.2. The highest BCUT2D eigenvalue weighted by Gasteiger charge is 2.42. The third kappa shape index (κ3) is 2.99. The van der Waals surface area contributed by atoms with E-state index in [4.69, 9.17) is 0 Å². The third-order valence-corrected chi connectivity index (χ3v) is 6.15. The monoisotopic (exact) mass is 392 g/mol. The van der Waals surface area contributed by atoms with Gasteiger partial charge in [-0.25, -0.2) is 0 Å². The molecule has 1 aromatic carbocycles. The largest absolute Gasteiger partial charge is 0.345 e. The molecular weight excluding hydrogens is 368 g/mol. The number of nitrogens with one attached hydrogen (secondary N) is 2. The second-order valence-electron chi connectivity index (χ2n) is 8.45. The fourth-order valence-corrected chi connectivity index (χ4v) is 4.42. The number of H-pyrrole nitrogens is 1. The maximum atomic E-state index is 13.0. The number of benzene rings is 1. The first-order valence-corrected chi connectivity index (χ1v) is 10.1. The maximum absolute atomic E-state index is 13.0. The van der Waals surface area contributed by atoms with E-state index in [1.165, 1.54) is 0 Å². The highest BCUT2D eigenvalue weighted by atomic mass is 16.2. The van der Waals surface area contributed by atoms with Gasteiger partial charge in [0.05, 0.1) is 11.7 Å². The van der Waals surface area contributed by atoms with Crippen molar-refractivity contribution < 1.29 is 9.59 Å². The van der Waals surface area contributed by atoms with E-state index < -0.39 is 0 Å². The van der Waals surface area contributed by atoms with Crippen molar-refractivity contribution in [2.45, 2.75) is 44.7 Å². The number of amides is 2. The highest BCUT2D eigenvalue weighted by molar-refractivity contribution is 5.98. The molecule has 8 heteroatoms. The van der Waals surface area contributed by atoms with Gasteiger partial charge in [0.2, 0.25) is 0 Å². The van der Waals surface area contributed by atoms with E-state index in [9.17, 15) is 9.59 Å². The summed E-state index contributed by atoms with van der Waals surface area (Å²) in [6, 6.07) is 5.82. The molecule has 0 atom stereocenters. The van der Waals surface area contributed by atoms with Gasteiger partial charge in [0.15, 0.2) is 5.69 Å². The predicted octanol–water partition coefficient (Wildman–Crippen LogP) is 2.30. The molecule has 1 fully saturated rings. The Morgan fingerprint density at radius 3 is 2.79 bits per heavy atom. The van der Waals surface area contributed by atoms with Crippen molar-refractivity contribution in [3.05, 3.63) is 47.4 Å². The summed E-state index contributed by atoms with van der Waals surface area (Å²) in [5, 5.41) is 15.5. The Kier molecular flexibility index (Phi) is 3.97. The van der Waals surface area contributed by atoms with Crippen LogP contribution in [0.2, 0.25) is 0 Å². The SMILES string of the molecule is CC(C)n1cc2c(n1)C(=O)NC1(CCN(C(=O)c3ccc4[nH]ncc4c3)CC1)C2. The lowest BCUT2D eigenvalue weighted by atomic mass is 9.79. The Labute approximate surface area is 168 Å². The lowest BCUT2D eigenvalue weighted by molar-refractivity contribution is 0.0605. The van der Waals surface area contributed by atoms with Crippen molar-refractivity contribution in [1.82, 2.24) is 30.2 Å². The summed E-state index contributed by atoms with van der Waals surface area (Å²) in [6.45, 7) is 5.35. The average Bonchev–Trinajstić information content (AvgIpc) is 3.34. The van der Waals surface area contributed by atoms with Crippen LogP contribution in [0.1, 0.15) is 59.1 Å². The van der Waals surface area contributed by atoms with Crippen LogP contribution in [0.15, 0.2) is 30.6 Å². The quantitative estimate of drug-likeness (QED) is 0.699. The van der Waals surface area contributed by atoms with Crippen molar-refractivity contribution in [2.75, 3.05) is 13.1 Å². The van der Waals surface area contributed by atoms with Gasteiger partial charge in [-0.2, -0.15) is 10.2 Å². The predicted molar refractivity (Wildman–Crippen MR) is 108 cm³/mol. The molecule has 1 spiro atoms. The molecule has 2 aromatic heterocycles. The second-order valence-corrected chi connectivity index (χ2v) is 8.45. The van der Waals surface area contributed by atoms with Crippen LogP contribution >= 0.6 is 0 Å². The van der Waals surface area contributed by atoms with E-state index >= 15 is 0 Å². The molecule has 29 heavy (non-hydrogen) atoms. The molecule has 8 nitrogen and oxygen atoms in total. The Bertz CT molecular complexity index is 1100. The van der Waals surface area contributed by atoms with Crippen molar-refractivity contribution in [2.24, 2.45) is 0 Å². The molecule has 2 aliphatic heterocycles. The van der Waals surface area contributed by atoms with Crippen molar-refractivity contribution in [1.29, 1.82) is 0 Å². The standard InChI is InChI=1S/C21H24N6O2/c1-13(2)27-12-16-10-21(23-19(28)18(16)25-27)5-7-26(8-6-21)20(29)14-3-4-17-15(9-14)11-22-24-17/h3-4,9,11-13H,5-8,10H2,1-2H3,(H,22,24)(H,23,28). The molecule has 5 rings (SSSR count). The molecule has 0 saturated carbocycles. The van der Waals surface area contributed by atoms with E-state index in [-0.39, 0.29) is 23.4 Å². The van der Waals surface area contributed by atoms with Gasteiger partial charge in [0.25, 0.3) is 11.8 Å². The topological polar surface area (TPSA) is 95.9 Å². The van der Waals surface area contributed by atoms with Gasteiger partial charge in [0, 0.05) is 47.4 Å². The van der Waals surface area contributed by atoms with Crippen LogP contribution in [-0.2, 0) is 6.42 Å². The van der Waals surface area contributed by atoms with Crippen molar-refractivity contribution >= 4 is 22.7 Å². The Morgan fingerprint density at radius 1 is 1.24 bits per heavy atom. The van der Waals surface area contributed by atoms with Crippen LogP contribution in [0.5, 0.6) is 0 Å². The second kappa shape index (κ2) is 6.43. The maximum Gasteiger partial charge on any atom is 0.272 e. The summed E-state index contributed by atoms with van der Waals surface area (Å²) < 4.78 is 1.86. The minimum absolute atomic E-state index is 0.0263. The molecule has 0 aliphatic carbocycles. The number of aromatic amines is 1. The van der Waals surface area contributed by atoms with E-state index in [2.05, 4.69) is 34.5 Å². The molecular formula is C21H24N6O2. The number of piperidine rings is 1. The first-order valence-electron chi connectivity index (χ1n) is 10.1. The zero-order valence-corrected chi connectivity index (χ0v) is 16.6. The van der Waals surface area contributed by atoms with E-state index in [0.717, 1.165) is 35.7 Å². The average molecular weight is 392 g/mol.